The van der Waals surface area contributed by atoms with Gasteiger partial charge in [0.25, 0.3) is 0 Å². The first kappa shape index (κ1) is 20.6. The van der Waals surface area contributed by atoms with Crippen molar-refractivity contribution in [3.05, 3.63) is 70.8 Å². The lowest BCUT2D eigenvalue weighted by Crippen LogP contribution is -2.41. The molecule has 1 saturated heterocycles. The quantitative estimate of drug-likeness (QED) is 0.367. The summed E-state index contributed by atoms with van der Waals surface area (Å²) in [6.07, 6.45) is 6.22. The zero-order chi connectivity index (χ0) is 22.2. The first-order chi connectivity index (χ1) is 15.5. The maximum Gasteiger partial charge on any atom is 0.200 e. The van der Waals surface area contributed by atoms with Gasteiger partial charge in [-0.2, -0.15) is 0 Å². The number of halogens is 1. The monoisotopic (exact) mass is 446 g/mol. The zero-order valence-corrected chi connectivity index (χ0v) is 18.7. The minimum Gasteiger partial charge on any atom is -0.440 e. The van der Waals surface area contributed by atoms with Crippen molar-refractivity contribution in [2.24, 2.45) is 0 Å². The van der Waals surface area contributed by atoms with Crippen molar-refractivity contribution in [2.75, 3.05) is 11.4 Å². The highest BCUT2D eigenvalue weighted by atomic mass is 35.5. The molecule has 0 spiro atoms. The number of carbonyl (C=O) groups is 1. The Labute approximate surface area is 191 Å². The Morgan fingerprint density at radius 3 is 2.72 bits per heavy atom. The molecule has 0 N–H and O–H groups in total. The molecule has 2 aromatic heterocycles. The van der Waals surface area contributed by atoms with Gasteiger partial charge < -0.3 is 9.32 Å². The third-order valence-corrected chi connectivity index (χ3v) is 6.44. The molecular formula is C25H23ClN4O2. The van der Waals surface area contributed by atoms with Crippen molar-refractivity contribution < 1.29 is 9.21 Å². The van der Waals surface area contributed by atoms with Crippen LogP contribution in [0.15, 0.2) is 53.2 Å². The molecular weight excluding hydrogens is 424 g/mol. The summed E-state index contributed by atoms with van der Waals surface area (Å²) < 4.78 is 6.09. The van der Waals surface area contributed by atoms with Crippen LogP contribution in [0.4, 0.5) is 5.69 Å². The number of oxazole rings is 1. The van der Waals surface area contributed by atoms with E-state index in [9.17, 15) is 4.79 Å². The van der Waals surface area contributed by atoms with E-state index < -0.39 is 0 Å². The van der Waals surface area contributed by atoms with Crippen molar-refractivity contribution in [1.82, 2.24) is 15.0 Å². The largest absolute Gasteiger partial charge is 0.440 e. The summed E-state index contributed by atoms with van der Waals surface area (Å²) in [5.74, 6) is 1.36. The van der Waals surface area contributed by atoms with Gasteiger partial charge in [0.05, 0.1) is 16.5 Å². The molecule has 32 heavy (non-hydrogen) atoms. The Balaban J connectivity index is 1.58. The number of piperidine rings is 1. The zero-order valence-electron chi connectivity index (χ0n) is 18.0. The van der Waals surface area contributed by atoms with Gasteiger partial charge in [0.1, 0.15) is 5.52 Å². The average Bonchev–Trinajstić information content (AvgIpc) is 3.25. The number of aromatic nitrogens is 3. The number of fused-ring (bicyclic) bond motifs is 1. The number of nitrogens with zero attached hydrogens (tertiary/aromatic N) is 4. The number of hydrogen-bond acceptors (Lipinski definition) is 6. The van der Waals surface area contributed by atoms with Crippen LogP contribution in [0, 0.1) is 6.92 Å². The van der Waals surface area contributed by atoms with Crippen LogP contribution < -0.4 is 4.90 Å². The molecule has 6 nitrogen and oxygen atoms in total. The fourth-order valence-electron chi connectivity index (χ4n) is 4.54. The third kappa shape index (κ3) is 3.65. The van der Waals surface area contributed by atoms with Gasteiger partial charge in [-0.1, -0.05) is 17.7 Å². The molecule has 3 heterocycles. The van der Waals surface area contributed by atoms with Crippen molar-refractivity contribution in [3.8, 4) is 11.4 Å². The number of rotatable bonds is 4. The lowest BCUT2D eigenvalue weighted by atomic mass is 9.91. The fraction of sp³-hybridized carbons (Fsp3) is 0.280. The van der Waals surface area contributed by atoms with E-state index in [2.05, 4.69) is 27.9 Å². The van der Waals surface area contributed by atoms with Crippen molar-refractivity contribution in [2.45, 2.75) is 38.6 Å². The van der Waals surface area contributed by atoms with Gasteiger partial charge in [0.15, 0.2) is 23.6 Å². The van der Waals surface area contributed by atoms with Gasteiger partial charge in [-0.05, 0) is 62.6 Å². The van der Waals surface area contributed by atoms with Crippen LogP contribution in [-0.2, 0) is 0 Å². The number of aryl methyl sites for hydroxylation is 1. The second-order valence-corrected chi connectivity index (χ2v) is 8.76. The number of carbonyl (C=O) groups excluding carboxylic acids is 1. The summed E-state index contributed by atoms with van der Waals surface area (Å²) in [5, 5.41) is 0.594. The summed E-state index contributed by atoms with van der Waals surface area (Å²) in [6, 6.07) is 11.6. The van der Waals surface area contributed by atoms with Crippen LogP contribution in [0.1, 0.15) is 47.5 Å². The Morgan fingerprint density at radius 2 is 1.97 bits per heavy atom. The summed E-state index contributed by atoms with van der Waals surface area (Å²) in [6.45, 7) is 4.92. The fourth-order valence-corrected chi connectivity index (χ4v) is 4.75. The summed E-state index contributed by atoms with van der Waals surface area (Å²) in [4.78, 5) is 27.9. The van der Waals surface area contributed by atoms with Crippen LogP contribution in [0.25, 0.3) is 22.5 Å². The number of anilines is 1. The lowest BCUT2D eigenvalue weighted by molar-refractivity contribution is 0.112. The van der Waals surface area contributed by atoms with Crippen molar-refractivity contribution >= 4 is 34.7 Å². The molecule has 2 atom stereocenters. The first-order valence-corrected chi connectivity index (χ1v) is 11.1. The van der Waals surface area contributed by atoms with Gasteiger partial charge in [-0.3, -0.25) is 4.79 Å². The molecule has 1 aliphatic heterocycles. The second-order valence-electron chi connectivity index (χ2n) is 8.35. The van der Waals surface area contributed by atoms with Gasteiger partial charge >= 0.3 is 0 Å². The standard InChI is InChI=1S/C25H23ClN4O2/c1-15-11-18(14-31)22(24-27-9-4-10-28-24)20(12-15)30-13-17(8-7-16(30)2)25-29-23-19(26)5-3-6-21(23)32-25/h3-6,9-12,14,16-17H,7-8,13H2,1-2H3/t16-,17-/m1/s1. The number of aldehydes is 1. The molecule has 0 radical (unpaired) electrons. The van der Waals surface area contributed by atoms with Crippen LogP contribution in [0.2, 0.25) is 5.02 Å². The first-order valence-electron chi connectivity index (χ1n) is 10.7. The number of benzene rings is 2. The SMILES string of the molecule is Cc1cc(C=O)c(-c2ncccn2)c(N2C[C@H](c3nc4c(Cl)cccc4o3)CC[C@H]2C)c1. The molecule has 1 fully saturated rings. The van der Waals surface area contributed by atoms with E-state index in [0.29, 0.717) is 39.9 Å². The molecule has 1 aliphatic rings. The van der Waals surface area contributed by atoms with Gasteiger partial charge in [0.2, 0.25) is 0 Å². The Bertz CT molecular complexity index is 1290. The van der Waals surface area contributed by atoms with Crippen molar-refractivity contribution in [3.63, 3.8) is 0 Å². The van der Waals surface area contributed by atoms with E-state index in [-0.39, 0.29) is 12.0 Å². The normalized spacial score (nSPS) is 18.8. The molecule has 2 aromatic carbocycles. The Hall–Kier alpha value is -3.25. The van der Waals surface area contributed by atoms with E-state index >= 15 is 0 Å². The summed E-state index contributed by atoms with van der Waals surface area (Å²) in [5.41, 5.74) is 4.74. The highest BCUT2D eigenvalue weighted by molar-refractivity contribution is 6.34. The summed E-state index contributed by atoms with van der Waals surface area (Å²) in [7, 11) is 0. The molecule has 5 rings (SSSR count). The predicted molar refractivity (Wildman–Crippen MR) is 125 cm³/mol. The minimum absolute atomic E-state index is 0.111. The summed E-state index contributed by atoms with van der Waals surface area (Å²) >= 11 is 6.32. The molecule has 0 amide bonds. The van der Waals surface area contributed by atoms with Crippen LogP contribution in [-0.4, -0.2) is 33.8 Å². The third-order valence-electron chi connectivity index (χ3n) is 6.14. The Kier molecular flexibility index (Phi) is 5.39. The Morgan fingerprint density at radius 1 is 1.16 bits per heavy atom. The van der Waals surface area contributed by atoms with Gasteiger partial charge in [-0.15, -0.1) is 0 Å². The van der Waals surface area contributed by atoms with E-state index in [1.54, 1.807) is 18.5 Å². The van der Waals surface area contributed by atoms with Crippen molar-refractivity contribution in [1.29, 1.82) is 0 Å². The predicted octanol–water partition coefficient (Wildman–Crippen LogP) is 5.83. The lowest BCUT2D eigenvalue weighted by Gasteiger charge is -2.40. The highest BCUT2D eigenvalue weighted by Gasteiger charge is 2.32. The smallest absolute Gasteiger partial charge is 0.200 e. The maximum atomic E-state index is 12.0. The van der Waals surface area contributed by atoms with Crippen LogP contribution >= 0.6 is 11.6 Å². The van der Waals surface area contributed by atoms with E-state index in [1.807, 2.05) is 31.2 Å². The van der Waals surface area contributed by atoms with Gasteiger partial charge in [0, 0.05) is 36.2 Å². The average molecular weight is 447 g/mol. The molecule has 0 saturated carbocycles. The molecule has 0 aliphatic carbocycles. The maximum absolute atomic E-state index is 12.0. The second kappa shape index (κ2) is 8.36. The van der Waals surface area contributed by atoms with Crippen LogP contribution in [0.5, 0.6) is 0 Å². The topological polar surface area (TPSA) is 72.1 Å². The highest BCUT2D eigenvalue weighted by Crippen LogP contribution is 2.40. The van der Waals surface area contributed by atoms with Gasteiger partial charge in [-0.25, -0.2) is 15.0 Å². The molecule has 0 bridgehead atoms. The van der Waals surface area contributed by atoms with Crippen LogP contribution in [0.3, 0.4) is 0 Å². The molecule has 7 heteroatoms. The number of para-hydroxylation sites is 1. The number of hydrogen-bond donors (Lipinski definition) is 0. The van der Waals surface area contributed by atoms with E-state index in [1.165, 1.54) is 0 Å². The van der Waals surface area contributed by atoms with E-state index in [4.69, 9.17) is 21.0 Å². The molecule has 4 aromatic rings. The molecule has 162 valence electrons. The van der Waals surface area contributed by atoms with E-state index in [0.717, 1.165) is 35.9 Å². The molecule has 0 unspecified atom stereocenters. The minimum atomic E-state index is 0.111.